The molecule has 0 bridgehead atoms. The lowest BCUT2D eigenvalue weighted by Gasteiger charge is -2.26. The highest BCUT2D eigenvalue weighted by Crippen LogP contribution is 2.30. The molecule has 2 heterocycles. The Hall–Kier alpha value is -1.34. The molecule has 118 valence electrons. The van der Waals surface area contributed by atoms with Gasteiger partial charge in [0.1, 0.15) is 10.7 Å². The van der Waals surface area contributed by atoms with Crippen LogP contribution in [0.2, 0.25) is 0 Å². The third-order valence-corrected chi connectivity index (χ3v) is 4.59. The van der Waals surface area contributed by atoms with E-state index in [0.717, 1.165) is 31.2 Å². The van der Waals surface area contributed by atoms with Crippen molar-refractivity contribution in [2.75, 3.05) is 43.5 Å². The average Bonchev–Trinajstić information content (AvgIpc) is 2.87. The maximum absolute atomic E-state index is 12.7. The largest absolute Gasteiger partial charge is 0.382 e. The second kappa shape index (κ2) is 7.09. The van der Waals surface area contributed by atoms with Crippen molar-refractivity contribution in [1.29, 1.82) is 0 Å². The molecule has 1 aliphatic heterocycles. The molecule has 0 spiro atoms. The van der Waals surface area contributed by atoms with Crippen LogP contribution in [0.5, 0.6) is 0 Å². The first kappa shape index (κ1) is 16.0. The average molecular weight is 312 g/mol. The van der Waals surface area contributed by atoms with Gasteiger partial charge in [-0.15, -0.1) is 0 Å². The van der Waals surface area contributed by atoms with Crippen LogP contribution < -0.4 is 10.6 Å². The van der Waals surface area contributed by atoms with Crippen molar-refractivity contribution in [2.45, 2.75) is 33.2 Å². The molecule has 7 heteroatoms. The number of anilines is 2. The van der Waals surface area contributed by atoms with Crippen molar-refractivity contribution in [3.63, 3.8) is 0 Å². The van der Waals surface area contributed by atoms with E-state index in [1.807, 2.05) is 18.7 Å². The van der Waals surface area contributed by atoms with E-state index in [1.165, 1.54) is 11.3 Å². The number of amides is 1. The maximum atomic E-state index is 12.7. The van der Waals surface area contributed by atoms with Crippen molar-refractivity contribution >= 4 is 28.2 Å². The number of thiazole rings is 1. The molecule has 2 rings (SSSR count). The van der Waals surface area contributed by atoms with Gasteiger partial charge in [-0.25, -0.2) is 4.98 Å². The van der Waals surface area contributed by atoms with Gasteiger partial charge in [-0.2, -0.15) is 0 Å². The molecule has 0 aliphatic carbocycles. The van der Waals surface area contributed by atoms with Crippen molar-refractivity contribution in [3.8, 4) is 0 Å². The third kappa shape index (κ3) is 3.65. The van der Waals surface area contributed by atoms with Crippen molar-refractivity contribution in [2.24, 2.45) is 0 Å². The van der Waals surface area contributed by atoms with Gasteiger partial charge in [0.05, 0.1) is 13.2 Å². The Morgan fingerprint density at radius 1 is 1.48 bits per heavy atom. The summed E-state index contributed by atoms with van der Waals surface area (Å²) in [6, 6.07) is 0.158. The van der Waals surface area contributed by atoms with E-state index in [2.05, 4.69) is 16.8 Å². The number of carbonyl (C=O) groups is 1. The van der Waals surface area contributed by atoms with E-state index in [0.29, 0.717) is 23.9 Å². The van der Waals surface area contributed by atoms with Crippen LogP contribution in [0.25, 0.3) is 0 Å². The molecule has 0 aromatic carbocycles. The minimum absolute atomic E-state index is 0.0126. The van der Waals surface area contributed by atoms with E-state index in [-0.39, 0.29) is 11.9 Å². The summed E-state index contributed by atoms with van der Waals surface area (Å²) < 4.78 is 5.34. The highest BCUT2D eigenvalue weighted by molar-refractivity contribution is 7.18. The van der Waals surface area contributed by atoms with Gasteiger partial charge in [-0.1, -0.05) is 18.3 Å². The molecule has 0 atom stereocenters. The van der Waals surface area contributed by atoms with E-state index in [4.69, 9.17) is 10.5 Å². The van der Waals surface area contributed by atoms with Gasteiger partial charge in [0.15, 0.2) is 5.13 Å². The second-order valence-corrected chi connectivity index (χ2v) is 6.38. The van der Waals surface area contributed by atoms with Crippen molar-refractivity contribution in [1.82, 2.24) is 9.88 Å². The first-order valence-corrected chi connectivity index (χ1v) is 8.26. The molecule has 1 fully saturated rings. The predicted octanol–water partition coefficient (Wildman–Crippen LogP) is 1.82. The molecule has 2 N–H and O–H groups in total. The Morgan fingerprint density at radius 2 is 2.14 bits per heavy atom. The fraction of sp³-hybridized carbons (Fsp3) is 0.714. The molecule has 1 aromatic rings. The number of rotatable bonds is 5. The molecule has 0 unspecified atom stereocenters. The third-order valence-electron chi connectivity index (χ3n) is 3.47. The highest BCUT2D eigenvalue weighted by atomic mass is 32.1. The first-order chi connectivity index (χ1) is 10.0. The van der Waals surface area contributed by atoms with Gasteiger partial charge >= 0.3 is 0 Å². The highest BCUT2D eigenvalue weighted by Gasteiger charge is 2.25. The van der Waals surface area contributed by atoms with Gasteiger partial charge in [0, 0.05) is 25.7 Å². The van der Waals surface area contributed by atoms with Crippen molar-refractivity contribution in [3.05, 3.63) is 4.88 Å². The Kier molecular flexibility index (Phi) is 5.41. The molecule has 1 aromatic heterocycles. The van der Waals surface area contributed by atoms with E-state index in [1.54, 1.807) is 0 Å². The summed E-state index contributed by atoms with van der Waals surface area (Å²) >= 11 is 1.39. The van der Waals surface area contributed by atoms with E-state index >= 15 is 0 Å². The Balaban J connectivity index is 2.19. The quantitative estimate of drug-likeness (QED) is 0.898. The zero-order chi connectivity index (χ0) is 15.4. The molecule has 0 saturated carbocycles. The number of nitrogens with two attached hydrogens (primary N) is 1. The van der Waals surface area contributed by atoms with Crippen LogP contribution in [0, 0.1) is 0 Å². The van der Waals surface area contributed by atoms with Gasteiger partial charge in [-0.3, -0.25) is 4.79 Å². The number of hydrogen-bond acceptors (Lipinski definition) is 6. The van der Waals surface area contributed by atoms with Crippen LogP contribution in [0.3, 0.4) is 0 Å². The SMILES string of the molecule is CCCN(C(=O)c1sc(N2CCOCC2)nc1N)C(C)C. The summed E-state index contributed by atoms with van der Waals surface area (Å²) in [6.45, 7) is 9.82. The number of nitrogen functional groups attached to an aromatic ring is 1. The monoisotopic (exact) mass is 312 g/mol. The summed E-state index contributed by atoms with van der Waals surface area (Å²) in [6.07, 6.45) is 0.930. The molecular weight excluding hydrogens is 288 g/mol. The lowest BCUT2D eigenvalue weighted by Crippen LogP contribution is -2.37. The summed E-state index contributed by atoms with van der Waals surface area (Å²) in [5.74, 6) is 0.328. The van der Waals surface area contributed by atoms with Gasteiger partial charge in [0.25, 0.3) is 5.91 Å². The molecule has 1 saturated heterocycles. The smallest absolute Gasteiger partial charge is 0.268 e. The summed E-state index contributed by atoms with van der Waals surface area (Å²) in [5, 5.41) is 0.819. The standard InChI is InChI=1S/C14H24N4O2S/c1-4-5-18(10(2)3)13(19)11-12(15)16-14(21-11)17-6-8-20-9-7-17/h10H,4-9,15H2,1-3H3. The summed E-state index contributed by atoms with van der Waals surface area (Å²) in [7, 11) is 0. The zero-order valence-electron chi connectivity index (χ0n) is 13.0. The Labute approximate surface area is 129 Å². The summed E-state index contributed by atoms with van der Waals surface area (Å²) in [4.78, 5) is 21.6. The zero-order valence-corrected chi connectivity index (χ0v) is 13.8. The molecular formula is C14H24N4O2S. The normalized spacial score (nSPS) is 15.5. The fourth-order valence-corrected chi connectivity index (χ4v) is 3.32. The van der Waals surface area contributed by atoms with Gasteiger partial charge in [0.2, 0.25) is 0 Å². The Bertz CT molecular complexity index is 483. The van der Waals surface area contributed by atoms with Crippen LogP contribution in [0.4, 0.5) is 10.9 Å². The first-order valence-electron chi connectivity index (χ1n) is 7.44. The number of morpholine rings is 1. The van der Waals surface area contributed by atoms with E-state index < -0.39 is 0 Å². The lowest BCUT2D eigenvalue weighted by molar-refractivity contribution is 0.0711. The molecule has 1 aliphatic rings. The van der Waals surface area contributed by atoms with E-state index in [9.17, 15) is 4.79 Å². The number of hydrogen-bond donors (Lipinski definition) is 1. The second-order valence-electron chi connectivity index (χ2n) is 5.40. The number of aromatic nitrogens is 1. The minimum Gasteiger partial charge on any atom is -0.382 e. The molecule has 0 radical (unpaired) electrons. The number of nitrogens with zero attached hydrogens (tertiary/aromatic N) is 3. The number of carbonyl (C=O) groups excluding carboxylic acids is 1. The summed E-state index contributed by atoms with van der Waals surface area (Å²) in [5.41, 5.74) is 5.98. The van der Waals surface area contributed by atoms with Crippen LogP contribution in [0.15, 0.2) is 0 Å². The molecule has 1 amide bonds. The predicted molar refractivity (Wildman–Crippen MR) is 86.0 cm³/mol. The molecule has 21 heavy (non-hydrogen) atoms. The Morgan fingerprint density at radius 3 is 2.71 bits per heavy atom. The van der Waals surface area contributed by atoms with Crippen LogP contribution in [0.1, 0.15) is 36.9 Å². The van der Waals surface area contributed by atoms with Crippen LogP contribution in [-0.2, 0) is 4.74 Å². The van der Waals surface area contributed by atoms with Crippen LogP contribution >= 0.6 is 11.3 Å². The van der Waals surface area contributed by atoms with Crippen LogP contribution in [-0.4, -0.2) is 54.7 Å². The molecule has 6 nitrogen and oxygen atoms in total. The van der Waals surface area contributed by atoms with Crippen molar-refractivity contribution < 1.29 is 9.53 Å². The topological polar surface area (TPSA) is 71.7 Å². The number of ether oxygens (including phenoxy) is 1. The van der Waals surface area contributed by atoms with Gasteiger partial charge < -0.3 is 20.3 Å². The maximum Gasteiger partial charge on any atom is 0.268 e. The lowest BCUT2D eigenvalue weighted by atomic mass is 10.2. The fourth-order valence-electron chi connectivity index (χ4n) is 2.33. The van der Waals surface area contributed by atoms with Gasteiger partial charge in [-0.05, 0) is 20.3 Å². The minimum atomic E-state index is -0.0126.